The van der Waals surface area contributed by atoms with Crippen molar-refractivity contribution in [2.75, 3.05) is 7.05 Å². The van der Waals surface area contributed by atoms with Crippen LogP contribution in [0, 0.1) is 5.82 Å². The SMILES string of the molecule is CNC(=O)c1cc(Cl)cc(Cn2ccc(-c3cc(-c4ccc(F)cc4)ncc3CNC(C)=O)n2)c1. The summed E-state index contributed by atoms with van der Waals surface area (Å²) < 4.78 is 15.1. The number of pyridine rings is 1. The summed E-state index contributed by atoms with van der Waals surface area (Å²) in [5, 5.41) is 10.6. The number of hydrogen-bond donors (Lipinski definition) is 2. The highest BCUT2D eigenvalue weighted by molar-refractivity contribution is 6.31. The van der Waals surface area contributed by atoms with E-state index in [4.69, 9.17) is 16.7 Å². The van der Waals surface area contributed by atoms with E-state index in [-0.39, 0.29) is 24.2 Å². The van der Waals surface area contributed by atoms with Gasteiger partial charge in [-0.05, 0) is 65.7 Å². The first-order valence-electron chi connectivity index (χ1n) is 10.9. The largest absolute Gasteiger partial charge is 0.355 e. The molecular weight excluding hydrogens is 469 g/mol. The Morgan fingerprint density at radius 2 is 1.83 bits per heavy atom. The summed E-state index contributed by atoms with van der Waals surface area (Å²) in [6.45, 7) is 2.15. The molecule has 2 aromatic heterocycles. The van der Waals surface area contributed by atoms with E-state index < -0.39 is 0 Å². The van der Waals surface area contributed by atoms with Crippen LogP contribution in [0.15, 0.2) is 67.0 Å². The number of hydrogen-bond acceptors (Lipinski definition) is 4. The number of halogens is 2. The Labute approximate surface area is 207 Å². The topological polar surface area (TPSA) is 88.9 Å². The third-order valence-electron chi connectivity index (χ3n) is 5.36. The molecule has 0 aliphatic carbocycles. The van der Waals surface area contributed by atoms with Crippen LogP contribution < -0.4 is 10.6 Å². The highest BCUT2D eigenvalue weighted by Crippen LogP contribution is 2.28. The van der Waals surface area contributed by atoms with Gasteiger partial charge in [-0.1, -0.05) is 11.6 Å². The van der Waals surface area contributed by atoms with Crippen LogP contribution in [-0.2, 0) is 17.9 Å². The van der Waals surface area contributed by atoms with E-state index in [9.17, 15) is 14.0 Å². The second-order valence-corrected chi connectivity index (χ2v) is 8.41. The summed E-state index contributed by atoms with van der Waals surface area (Å²) in [6, 6.07) is 15.0. The molecule has 4 rings (SSSR count). The van der Waals surface area contributed by atoms with Gasteiger partial charge in [0.05, 0.1) is 17.9 Å². The molecule has 0 saturated carbocycles. The molecule has 2 heterocycles. The molecular formula is C26H23ClFN5O2. The van der Waals surface area contributed by atoms with Crippen molar-refractivity contribution >= 4 is 23.4 Å². The van der Waals surface area contributed by atoms with Gasteiger partial charge in [0.2, 0.25) is 5.91 Å². The van der Waals surface area contributed by atoms with Crippen LogP contribution in [0.4, 0.5) is 4.39 Å². The maximum atomic E-state index is 13.4. The van der Waals surface area contributed by atoms with Gasteiger partial charge < -0.3 is 10.6 Å². The van der Waals surface area contributed by atoms with Gasteiger partial charge in [0.25, 0.3) is 5.91 Å². The molecule has 4 aromatic rings. The van der Waals surface area contributed by atoms with Crippen LogP contribution in [0.5, 0.6) is 0 Å². The third-order valence-corrected chi connectivity index (χ3v) is 5.58. The number of carbonyl (C=O) groups is 2. The minimum atomic E-state index is -0.324. The second-order valence-electron chi connectivity index (χ2n) is 7.97. The van der Waals surface area contributed by atoms with Crippen molar-refractivity contribution in [1.82, 2.24) is 25.4 Å². The smallest absolute Gasteiger partial charge is 0.251 e. The Morgan fingerprint density at radius 1 is 1.06 bits per heavy atom. The molecule has 0 aliphatic rings. The summed E-state index contributed by atoms with van der Waals surface area (Å²) in [5.41, 5.74) is 4.99. The highest BCUT2D eigenvalue weighted by Gasteiger charge is 2.13. The lowest BCUT2D eigenvalue weighted by atomic mass is 10.0. The maximum absolute atomic E-state index is 13.4. The fourth-order valence-corrected chi connectivity index (χ4v) is 3.92. The van der Waals surface area contributed by atoms with Crippen molar-refractivity contribution in [2.24, 2.45) is 0 Å². The van der Waals surface area contributed by atoms with Crippen molar-refractivity contribution in [1.29, 1.82) is 0 Å². The zero-order chi connectivity index (χ0) is 24.9. The number of aromatic nitrogens is 3. The van der Waals surface area contributed by atoms with E-state index in [0.717, 1.165) is 22.3 Å². The van der Waals surface area contributed by atoms with E-state index in [0.29, 0.717) is 28.5 Å². The summed E-state index contributed by atoms with van der Waals surface area (Å²) in [7, 11) is 1.57. The van der Waals surface area contributed by atoms with Gasteiger partial charge in [0.1, 0.15) is 5.82 Å². The maximum Gasteiger partial charge on any atom is 0.251 e. The highest BCUT2D eigenvalue weighted by atomic mass is 35.5. The van der Waals surface area contributed by atoms with E-state index in [1.165, 1.54) is 19.1 Å². The molecule has 0 fully saturated rings. The summed E-state index contributed by atoms with van der Waals surface area (Å²) in [4.78, 5) is 28.0. The molecule has 0 saturated heterocycles. The number of carbonyl (C=O) groups excluding carboxylic acids is 2. The van der Waals surface area contributed by atoms with Crippen LogP contribution in [0.3, 0.4) is 0 Å². The van der Waals surface area contributed by atoms with Crippen LogP contribution in [-0.4, -0.2) is 33.6 Å². The molecule has 178 valence electrons. The van der Waals surface area contributed by atoms with Gasteiger partial charge in [-0.15, -0.1) is 0 Å². The van der Waals surface area contributed by atoms with Crippen molar-refractivity contribution < 1.29 is 14.0 Å². The van der Waals surface area contributed by atoms with Crippen molar-refractivity contribution in [3.05, 3.63) is 94.5 Å². The van der Waals surface area contributed by atoms with E-state index in [1.54, 1.807) is 48.3 Å². The molecule has 7 nitrogen and oxygen atoms in total. The molecule has 9 heteroatoms. The molecule has 2 N–H and O–H groups in total. The third kappa shape index (κ3) is 5.91. The Balaban J connectivity index is 1.67. The lowest BCUT2D eigenvalue weighted by Crippen LogP contribution is -2.19. The van der Waals surface area contributed by atoms with Crippen molar-refractivity contribution in [2.45, 2.75) is 20.0 Å². The Hall–Kier alpha value is -4.04. The van der Waals surface area contributed by atoms with Gasteiger partial charge in [-0.25, -0.2) is 4.39 Å². The number of benzene rings is 2. The summed E-state index contributed by atoms with van der Waals surface area (Å²) >= 11 is 6.21. The Morgan fingerprint density at radius 3 is 2.54 bits per heavy atom. The first-order chi connectivity index (χ1) is 16.8. The average Bonchev–Trinajstić information content (AvgIpc) is 3.30. The molecule has 2 aromatic carbocycles. The van der Waals surface area contributed by atoms with E-state index >= 15 is 0 Å². The Kier molecular flexibility index (Phi) is 7.22. The molecule has 0 radical (unpaired) electrons. The molecule has 2 amide bonds. The Bertz CT molecular complexity index is 1390. The molecule has 0 bridgehead atoms. The van der Waals surface area contributed by atoms with Crippen LogP contribution in [0.25, 0.3) is 22.5 Å². The van der Waals surface area contributed by atoms with Gasteiger partial charge in [0, 0.05) is 54.6 Å². The number of nitrogens with one attached hydrogen (secondary N) is 2. The normalized spacial score (nSPS) is 10.7. The first kappa shape index (κ1) is 24.1. The molecule has 0 spiro atoms. The van der Waals surface area contributed by atoms with Crippen molar-refractivity contribution in [3.8, 4) is 22.5 Å². The van der Waals surface area contributed by atoms with Crippen LogP contribution in [0.2, 0.25) is 5.02 Å². The number of amides is 2. The zero-order valence-corrected chi connectivity index (χ0v) is 19.9. The van der Waals surface area contributed by atoms with E-state index in [2.05, 4.69) is 15.6 Å². The fraction of sp³-hybridized carbons (Fsp3) is 0.154. The van der Waals surface area contributed by atoms with Gasteiger partial charge >= 0.3 is 0 Å². The van der Waals surface area contributed by atoms with Gasteiger partial charge in [-0.2, -0.15) is 5.10 Å². The fourth-order valence-electron chi connectivity index (χ4n) is 3.66. The van der Waals surface area contributed by atoms with Crippen LogP contribution in [0.1, 0.15) is 28.4 Å². The summed E-state index contributed by atoms with van der Waals surface area (Å²) in [5.74, 6) is -0.699. The molecule has 0 unspecified atom stereocenters. The quantitative estimate of drug-likeness (QED) is 0.400. The number of rotatable bonds is 7. The molecule has 35 heavy (non-hydrogen) atoms. The molecule has 0 atom stereocenters. The lowest BCUT2D eigenvalue weighted by molar-refractivity contribution is -0.119. The van der Waals surface area contributed by atoms with E-state index in [1.807, 2.05) is 18.3 Å². The van der Waals surface area contributed by atoms with Crippen LogP contribution >= 0.6 is 11.6 Å². The first-order valence-corrected chi connectivity index (χ1v) is 11.2. The number of nitrogens with zero attached hydrogens (tertiary/aromatic N) is 3. The monoisotopic (exact) mass is 491 g/mol. The summed E-state index contributed by atoms with van der Waals surface area (Å²) in [6.07, 6.45) is 3.52. The second kappa shape index (κ2) is 10.5. The predicted molar refractivity (Wildman–Crippen MR) is 132 cm³/mol. The predicted octanol–water partition coefficient (Wildman–Crippen LogP) is 4.45. The van der Waals surface area contributed by atoms with Gasteiger partial charge in [-0.3, -0.25) is 19.3 Å². The minimum Gasteiger partial charge on any atom is -0.355 e. The van der Waals surface area contributed by atoms with Crippen molar-refractivity contribution in [3.63, 3.8) is 0 Å². The minimum absolute atomic E-state index is 0.156. The average molecular weight is 492 g/mol. The van der Waals surface area contributed by atoms with Gasteiger partial charge in [0.15, 0.2) is 0 Å². The molecule has 0 aliphatic heterocycles. The standard InChI is InChI=1S/C26H23ClFN5O2/c1-16(34)30-13-20-14-31-25(18-3-5-22(28)6-4-18)12-23(20)24-7-8-33(32-24)15-17-9-19(26(35)29-2)11-21(27)10-17/h3-12,14H,13,15H2,1-2H3,(H,29,35)(H,30,34). The lowest BCUT2D eigenvalue weighted by Gasteiger charge is -2.11. The zero-order valence-electron chi connectivity index (χ0n) is 19.2.